The van der Waals surface area contributed by atoms with Crippen LogP contribution in [-0.2, 0) is 19.5 Å². The minimum atomic E-state index is -2.37. The van der Waals surface area contributed by atoms with Gasteiger partial charge < -0.3 is 21.1 Å². The van der Waals surface area contributed by atoms with Crippen molar-refractivity contribution in [1.82, 2.24) is 35.9 Å². The molecule has 2 aromatic heterocycles. The Morgan fingerprint density at radius 3 is 1.14 bits per heavy atom. The highest BCUT2D eigenvalue weighted by molar-refractivity contribution is 5.97. The van der Waals surface area contributed by atoms with Gasteiger partial charge in [0.2, 0.25) is 0 Å². The molecular formula is C36H32F3N7O5. The van der Waals surface area contributed by atoms with Crippen molar-refractivity contribution in [3.8, 4) is 0 Å². The van der Waals surface area contributed by atoms with E-state index >= 15 is 0 Å². The summed E-state index contributed by atoms with van der Waals surface area (Å²) >= 11 is 0. The molecule has 0 spiro atoms. The predicted octanol–water partition coefficient (Wildman–Crippen LogP) is 4.78. The van der Waals surface area contributed by atoms with Gasteiger partial charge in [-0.2, -0.15) is 0 Å². The van der Waals surface area contributed by atoms with E-state index in [-0.39, 0.29) is 56.2 Å². The number of nitrogens with zero attached hydrogens (tertiary/aromatic N) is 4. The lowest BCUT2D eigenvalue weighted by Crippen LogP contribution is -2.27. The van der Waals surface area contributed by atoms with Crippen molar-refractivity contribution >= 4 is 23.7 Å². The Bertz CT molecular complexity index is 2280. The number of aromatic nitrogens is 4. The van der Waals surface area contributed by atoms with E-state index in [4.69, 9.17) is 13.3 Å². The third-order valence-corrected chi connectivity index (χ3v) is 6.69. The highest BCUT2D eigenvalue weighted by Crippen LogP contribution is 2.12. The zero-order valence-electron chi connectivity index (χ0n) is 33.0. The minimum Gasteiger partial charge on any atom is -0.477 e. The molecule has 262 valence electrons. The second-order valence-electron chi connectivity index (χ2n) is 10.5. The molecule has 0 saturated heterocycles. The summed E-state index contributed by atoms with van der Waals surface area (Å²) in [4.78, 5) is 62.6. The van der Waals surface area contributed by atoms with Crippen LogP contribution in [0.15, 0.2) is 79.4 Å². The van der Waals surface area contributed by atoms with E-state index in [0.717, 1.165) is 43.0 Å². The lowest BCUT2D eigenvalue weighted by atomic mass is 10.1. The summed E-state index contributed by atoms with van der Waals surface area (Å²) in [5.41, 5.74) is -0.674. The van der Waals surface area contributed by atoms with Crippen LogP contribution in [0.2, 0.25) is 0 Å². The van der Waals surface area contributed by atoms with Crippen molar-refractivity contribution in [2.75, 3.05) is 0 Å². The van der Waals surface area contributed by atoms with E-state index in [1.54, 1.807) is 0 Å². The molecule has 0 radical (unpaired) electrons. The van der Waals surface area contributed by atoms with Crippen LogP contribution in [0.25, 0.3) is 0 Å². The smallest absolute Gasteiger partial charge is 0.354 e. The number of carbonyl (C=O) groups is 4. The number of hydrogen-bond donors (Lipinski definition) is 4. The zero-order valence-corrected chi connectivity index (χ0v) is 27.0. The maximum Gasteiger partial charge on any atom is 0.354 e. The molecule has 0 fully saturated rings. The molecule has 0 saturated carbocycles. The third-order valence-electron chi connectivity index (χ3n) is 6.69. The fourth-order valence-corrected chi connectivity index (χ4v) is 3.95. The molecule has 0 aliphatic carbocycles. The lowest BCUT2D eigenvalue weighted by Gasteiger charge is -2.08. The fourth-order valence-electron chi connectivity index (χ4n) is 3.95. The van der Waals surface area contributed by atoms with Gasteiger partial charge >= 0.3 is 5.97 Å². The van der Waals surface area contributed by atoms with Gasteiger partial charge in [0, 0.05) is 31.6 Å². The molecule has 3 aromatic carbocycles. The first-order valence-corrected chi connectivity index (χ1v) is 14.7. The lowest BCUT2D eigenvalue weighted by molar-refractivity contribution is 0.0689. The number of aromatic carboxylic acids is 1. The number of halogens is 3. The number of nitrogens with one attached hydrogen (secondary N) is 3. The van der Waals surface area contributed by atoms with Gasteiger partial charge in [-0.25, -0.2) is 37.9 Å². The number of hydrogen-bond acceptors (Lipinski definition) is 8. The molecule has 51 heavy (non-hydrogen) atoms. The van der Waals surface area contributed by atoms with Crippen molar-refractivity contribution in [2.24, 2.45) is 0 Å². The van der Waals surface area contributed by atoms with Crippen molar-refractivity contribution < 1.29 is 45.7 Å². The van der Waals surface area contributed by atoms with Crippen LogP contribution in [0, 0.1) is 38.2 Å². The molecule has 3 amide bonds. The first kappa shape index (κ1) is 29.4. The summed E-state index contributed by atoms with van der Waals surface area (Å²) in [7, 11) is 0. The maximum atomic E-state index is 13.5. The monoisotopic (exact) mass is 705 g/mol. The Hall–Kier alpha value is -6.51. The van der Waals surface area contributed by atoms with Gasteiger partial charge in [-0.3, -0.25) is 14.4 Å². The molecule has 5 rings (SSSR count). The predicted molar refractivity (Wildman–Crippen MR) is 178 cm³/mol. The van der Waals surface area contributed by atoms with E-state index in [1.165, 1.54) is 57.2 Å². The van der Waals surface area contributed by atoms with E-state index in [2.05, 4.69) is 35.9 Å². The first-order valence-electron chi connectivity index (χ1n) is 17.7. The largest absolute Gasteiger partial charge is 0.477 e. The summed E-state index contributed by atoms with van der Waals surface area (Å²) < 4.78 is 88.5. The number of rotatable bonds is 10. The Balaban J connectivity index is 0.000000273. The van der Waals surface area contributed by atoms with E-state index in [9.17, 15) is 32.3 Å². The molecule has 12 nitrogen and oxygen atoms in total. The average Bonchev–Trinajstić information content (AvgIpc) is 3.14. The van der Waals surface area contributed by atoms with E-state index < -0.39 is 60.6 Å². The number of carboxylic acids is 1. The normalized spacial score (nSPS) is 13.0. The van der Waals surface area contributed by atoms with Crippen LogP contribution in [0.3, 0.4) is 0 Å². The van der Waals surface area contributed by atoms with Gasteiger partial charge in [-0.05, 0) is 72.4 Å². The van der Waals surface area contributed by atoms with Crippen LogP contribution in [0.5, 0.6) is 0 Å². The van der Waals surface area contributed by atoms with Crippen molar-refractivity contribution in [2.45, 2.75) is 40.3 Å². The Labute approximate surface area is 298 Å². The van der Waals surface area contributed by atoms with Crippen LogP contribution >= 0.6 is 0 Å². The fraction of sp³-hybridized carbons (Fsp3) is 0.167. The third kappa shape index (κ3) is 10.7. The topological polar surface area (TPSA) is 176 Å². The molecule has 0 unspecified atom stereocenters. The summed E-state index contributed by atoms with van der Waals surface area (Å²) in [5, 5.41) is 15.2. The van der Waals surface area contributed by atoms with Crippen LogP contribution in [0.4, 0.5) is 13.2 Å². The van der Waals surface area contributed by atoms with Gasteiger partial charge in [0.1, 0.15) is 47.2 Å². The molecule has 5 aromatic rings. The molecule has 0 aliphatic heterocycles. The SMILES string of the molecule is [2H]C([2H])(NC(=O)c1cc(C(=O)NC([2H])([2H])c2ccc(F)c(C)c2)ncn1)c1ccc(F)c(C)c1.[2H]C([2H])(NC(=O)c1cc(C(=O)O)ncn1)c1ccc(F)c(C)c1. The second kappa shape index (κ2) is 17.2. The van der Waals surface area contributed by atoms with Gasteiger partial charge in [-0.1, -0.05) is 36.4 Å². The molecular weight excluding hydrogens is 667 g/mol. The van der Waals surface area contributed by atoms with Crippen LogP contribution < -0.4 is 16.0 Å². The van der Waals surface area contributed by atoms with Crippen molar-refractivity contribution in [3.05, 3.63) is 153 Å². The molecule has 15 heteroatoms. The van der Waals surface area contributed by atoms with Crippen LogP contribution in [-0.4, -0.2) is 48.7 Å². The number of amides is 3. The van der Waals surface area contributed by atoms with Crippen molar-refractivity contribution in [3.63, 3.8) is 0 Å². The quantitative estimate of drug-likeness (QED) is 0.159. The highest BCUT2D eigenvalue weighted by atomic mass is 19.1. The zero-order chi connectivity index (χ0) is 42.5. The van der Waals surface area contributed by atoms with Crippen LogP contribution in [0.1, 0.15) is 83.6 Å². The summed E-state index contributed by atoms with van der Waals surface area (Å²) in [6.07, 6.45) is 1.80. The van der Waals surface area contributed by atoms with Gasteiger partial charge in [0.05, 0.1) is 8.22 Å². The molecule has 4 N–H and O–H groups in total. The Morgan fingerprint density at radius 1 is 0.549 bits per heavy atom. The van der Waals surface area contributed by atoms with Gasteiger partial charge in [0.15, 0.2) is 5.69 Å². The Morgan fingerprint density at radius 2 is 0.843 bits per heavy atom. The molecule has 0 aliphatic rings. The number of carboxylic acid groups (broad SMARTS) is 1. The molecule has 0 bridgehead atoms. The number of aryl methyl sites for hydroxylation is 3. The summed E-state index contributed by atoms with van der Waals surface area (Å²) in [6, 6.07) is 12.6. The molecule has 0 atom stereocenters. The molecule has 2 heterocycles. The van der Waals surface area contributed by atoms with Gasteiger partial charge in [0.25, 0.3) is 17.7 Å². The number of carbonyl (C=O) groups excluding carboxylic acids is 3. The summed E-state index contributed by atoms with van der Waals surface area (Å²) in [6.45, 7) is -2.65. The van der Waals surface area contributed by atoms with Crippen molar-refractivity contribution in [1.29, 1.82) is 0 Å². The Kier molecular flexibility index (Phi) is 9.94. The van der Waals surface area contributed by atoms with E-state index in [0.29, 0.717) is 0 Å². The maximum absolute atomic E-state index is 13.5. The standard InChI is InChI=1S/C22H20F2N4O2.C14H12FN3O3/c1-13-7-15(3-5-17(13)23)10-25-21(29)19-9-20(28-12-27-19)22(30)26-11-16-4-6-18(24)14(2)8-16;1-8-4-9(2-3-10(8)15)6-16-13(19)11-5-12(14(20)21)18-7-17-11/h3-9,12H,10-11H2,1-2H3,(H,25,29)(H,26,30);2-5,7H,6H2,1H3,(H,16,19)(H,20,21)/i10D2,11D2;6D2. The summed E-state index contributed by atoms with van der Waals surface area (Å²) in [5.74, 6) is -5.72. The number of benzene rings is 3. The average molecular weight is 706 g/mol. The minimum absolute atomic E-state index is 0.00885. The first-order chi connectivity index (χ1) is 26.5. The second-order valence-corrected chi connectivity index (χ2v) is 10.5. The van der Waals surface area contributed by atoms with E-state index in [1.807, 2.05) is 0 Å². The highest BCUT2D eigenvalue weighted by Gasteiger charge is 2.14. The van der Waals surface area contributed by atoms with Gasteiger partial charge in [-0.15, -0.1) is 0 Å².